The molecule has 2 aromatic rings. The monoisotopic (exact) mass is 284 g/mol. The first-order valence-corrected chi connectivity index (χ1v) is 6.53. The summed E-state index contributed by atoms with van der Waals surface area (Å²) in [5, 5.41) is 4.10. The molecule has 0 radical (unpaired) electrons. The van der Waals surface area contributed by atoms with Crippen molar-refractivity contribution in [2.45, 2.75) is 40.4 Å². The molecule has 0 N–H and O–H groups in total. The Bertz CT molecular complexity index is 556. The summed E-state index contributed by atoms with van der Waals surface area (Å²) >= 11 is 0. The van der Waals surface area contributed by atoms with E-state index in [1.807, 2.05) is 13.8 Å². The summed E-state index contributed by atoms with van der Waals surface area (Å²) in [4.78, 5) is 0. The van der Waals surface area contributed by atoms with E-state index < -0.39 is 11.7 Å². The number of hydrogen-bond donors (Lipinski definition) is 0. The molecule has 0 saturated heterocycles. The first-order chi connectivity index (χ1) is 9.36. The van der Waals surface area contributed by atoms with Crippen molar-refractivity contribution in [3.63, 3.8) is 0 Å². The minimum absolute atomic E-state index is 0.128. The summed E-state index contributed by atoms with van der Waals surface area (Å²) in [5.74, 6) is 0. The highest BCUT2D eigenvalue weighted by Crippen LogP contribution is 2.33. The van der Waals surface area contributed by atoms with E-state index >= 15 is 0 Å². The van der Waals surface area contributed by atoms with Gasteiger partial charge in [0.05, 0.1) is 17.8 Å². The molecule has 0 spiro atoms. The van der Waals surface area contributed by atoms with E-state index in [2.05, 4.69) is 5.10 Å². The minimum atomic E-state index is -4.33. The van der Waals surface area contributed by atoms with Crippen LogP contribution in [0.2, 0.25) is 0 Å². The topological polar surface area (TPSA) is 17.8 Å². The van der Waals surface area contributed by atoms with Crippen LogP contribution in [-0.4, -0.2) is 9.78 Å². The molecule has 2 rings (SSSR count). The molecular weight excluding hydrogens is 265 g/mol. The van der Waals surface area contributed by atoms with Gasteiger partial charge in [-0.05, 0) is 31.5 Å². The van der Waals surface area contributed by atoms with E-state index in [1.54, 1.807) is 32.2 Å². The summed E-state index contributed by atoms with van der Waals surface area (Å²) < 4.78 is 40.2. The Morgan fingerprint density at radius 3 is 2.25 bits per heavy atom. The molecule has 1 aromatic heterocycles. The highest BCUT2D eigenvalue weighted by molar-refractivity contribution is 5.33. The zero-order valence-electron chi connectivity index (χ0n) is 12.1. The molecule has 0 aliphatic rings. The Hall–Kier alpha value is -1.78. The van der Waals surface area contributed by atoms with Gasteiger partial charge in [0.2, 0.25) is 0 Å². The van der Waals surface area contributed by atoms with Crippen LogP contribution in [0.25, 0.3) is 0 Å². The smallest absolute Gasteiger partial charge is 0.268 e. The zero-order valence-corrected chi connectivity index (χ0v) is 12.1. The Balaban J connectivity index is 0.000000956. The number of aryl methyl sites for hydroxylation is 2. The lowest BCUT2D eigenvalue weighted by atomic mass is 10.0. The summed E-state index contributed by atoms with van der Waals surface area (Å²) in [7, 11) is 0. The zero-order chi connectivity index (χ0) is 15.3. The first kappa shape index (κ1) is 16.3. The third-order valence-corrected chi connectivity index (χ3v) is 2.68. The predicted molar refractivity (Wildman–Crippen MR) is 73.6 cm³/mol. The lowest BCUT2D eigenvalue weighted by molar-refractivity contribution is -0.138. The SMILES string of the molecule is CC.Cc1ccc(Cn2ccc(C)n2)c(C(F)(F)F)c1. The average molecular weight is 284 g/mol. The molecule has 2 nitrogen and oxygen atoms in total. The van der Waals surface area contributed by atoms with Gasteiger partial charge in [0.25, 0.3) is 0 Å². The van der Waals surface area contributed by atoms with Crippen LogP contribution in [0.15, 0.2) is 30.5 Å². The van der Waals surface area contributed by atoms with E-state index in [-0.39, 0.29) is 12.1 Å². The number of nitrogens with zero attached hydrogens (tertiary/aromatic N) is 2. The molecule has 0 unspecified atom stereocenters. The van der Waals surface area contributed by atoms with Crippen molar-refractivity contribution < 1.29 is 13.2 Å². The number of rotatable bonds is 2. The molecule has 20 heavy (non-hydrogen) atoms. The third kappa shape index (κ3) is 4.11. The van der Waals surface area contributed by atoms with Crippen LogP contribution in [0.1, 0.15) is 36.2 Å². The van der Waals surface area contributed by atoms with Crippen LogP contribution in [0.5, 0.6) is 0 Å². The van der Waals surface area contributed by atoms with Crippen LogP contribution in [-0.2, 0) is 12.7 Å². The van der Waals surface area contributed by atoms with Crippen LogP contribution in [0, 0.1) is 13.8 Å². The van der Waals surface area contributed by atoms with Crippen molar-refractivity contribution in [1.29, 1.82) is 0 Å². The van der Waals surface area contributed by atoms with Crippen molar-refractivity contribution in [2.75, 3.05) is 0 Å². The molecular formula is C15H19F3N2. The fraction of sp³-hybridized carbons (Fsp3) is 0.400. The summed E-state index contributed by atoms with van der Waals surface area (Å²) in [6.45, 7) is 7.58. The van der Waals surface area contributed by atoms with E-state index in [4.69, 9.17) is 0 Å². The van der Waals surface area contributed by atoms with E-state index in [0.29, 0.717) is 5.56 Å². The Kier molecular flexibility index (Phi) is 5.36. The molecule has 0 atom stereocenters. The van der Waals surface area contributed by atoms with Crippen molar-refractivity contribution >= 4 is 0 Å². The van der Waals surface area contributed by atoms with Gasteiger partial charge in [-0.1, -0.05) is 31.5 Å². The van der Waals surface area contributed by atoms with Gasteiger partial charge in [0.15, 0.2) is 0 Å². The van der Waals surface area contributed by atoms with Gasteiger partial charge in [-0.25, -0.2) is 0 Å². The van der Waals surface area contributed by atoms with Gasteiger partial charge in [0, 0.05) is 6.20 Å². The number of hydrogen-bond acceptors (Lipinski definition) is 1. The molecule has 1 aromatic carbocycles. The van der Waals surface area contributed by atoms with Gasteiger partial charge in [0.1, 0.15) is 0 Å². The van der Waals surface area contributed by atoms with Gasteiger partial charge in [-0.2, -0.15) is 18.3 Å². The van der Waals surface area contributed by atoms with Crippen LogP contribution >= 0.6 is 0 Å². The Labute approximate surface area is 117 Å². The fourth-order valence-corrected chi connectivity index (χ4v) is 1.82. The minimum Gasteiger partial charge on any atom is -0.268 e. The van der Waals surface area contributed by atoms with Gasteiger partial charge < -0.3 is 0 Å². The lowest BCUT2D eigenvalue weighted by Gasteiger charge is -2.13. The average Bonchev–Trinajstić information content (AvgIpc) is 2.78. The Morgan fingerprint density at radius 1 is 1.10 bits per heavy atom. The number of aromatic nitrogens is 2. The maximum absolute atomic E-state index is 12.9. The molecule has 0 amide bonds. The van der Waals surface area contributed by atoms with Crippen LogP contribution in [0.4, 0.5) is 13.2 Å². The highest BCUT2D eigenvalue weighted by atomic mass is 19.4. The van der Waals surface area contributed by atoms with Crippen molar-refractivity contribution in [1.82, 2.24) is 9.78 Å². The fourth-order valence-electron chi connectivity index (χ4n) is 1.82. The predicted octanol–water partition coefficient (Wildman–Crippen LogP) is 4.59. The van der Waals surface area contributed by atoms with Crippen molar-refractivity contribution in [3.8, 4) is 0 Å². The standard InChI is InChI=1S/C13H13F3N2.C2H6/c1-9-3-4-11(12(7-9)13(14,15)16)8-18-6-5-10(2)17-18;1-2/h3-7H,8H2,1-2H3;1-2H3. The van der Waals surface area contributed by atoms with Gasteiger partial charge >= 0.3 is 6.18 Å². The molecule has 0 bridgehead atoms. The molecule has 0 saturated carbocycles. The van der Waals surface area contributed by atoms with Gasteiger partial charge in [-0.15, -0.1) is 0 Å². The molecule has 0 aliphatic heterocycles. The summed E-state index contributed by atoms with van der Waals surface area (Å²) in [6, 6.07) is 6.13. The molecule has 0 aliphatic carbocycles. The molecule has 5 heteroatoms. The van der Waals surface area contributed by atoms with E-state index in [1.165, 1.54) is 16.8 Å². The number of benzene rings is 1. The van der Waals surface area contributed by atoms with Crippen molar-refractivity contribution in [3.05, 3.63) is 52.8 Å². The maximum Gasteiger partial charge on any atom is 0.416 e. The molecule has 0 fully saturated rings. The highest BCUT2D eigenvalue weighted by Gasteiger charge is 2.33. The van der Waals surface area contributed by atoms with Gasteiger partial charge in [-0.3, -0.25) is 4.68 Å². The molecule has 1 heterocycles. The van der Waals surface area contributed by atoms with Crippen molar-refractivity contribution in [2.24, 2.45) is 0 Å². The largest absolute Gasteiger partial charge is 0.416 e. The van der Waals surface area contributed by atoms with E-state index in [0.717, 1.165) is 5.69 Å². The van der Waals surface area contributed by atoms with Crippen LogP contribution < -0.4 is 0 Å². The quantitative estimate of drug-likeness (QED) is 0.788. The second-order valence-corrected chi connectivity index (χ2v) is 4.31. The second kappa shape index (κ2) is 6.59. The normalized spacial score (nSPS) is 10.9. The number of halogens is 3. The third-order valence-electron chi connectivity index (χ3n) is 2.68. The van der Waals surface area contributed by atoms with Crippen LogP contribution in [0.3, 0.4) is 0 Å². The summed E-state index contributed by atoms with van der Waals surface area (Å²) in [5.41, 5.74) is 1.03. The summed E-state index contributed by atoms with van der Waals surface area (Å²) in [6.07, 6.45) is -2.65. The second-order valence-electron chi connectivity index (χ2n) is 4.31. The van der Waals surface area contributed by atoms with E-state index in [9.17, 15) is 13.2 Å². The first-order valence-electron chi connectivity index (χ1n) is 6.53. The maximum atomic E-state index is 12.9. The molecule has 110 valence electrons. The number of alkyl halides is 3. The lowest BCUT2D eigenvalue weighted by Crippen LogP contribution is -2.12. The Morgan fingerprint density at radius 2 is 1.75 bits per heavy atom.